The molecule has 2 amide bonds. The Morgan fingerprint density at radius 1 is 1.23 bits per heavy atom. The predicted molar refractivity (Wildman–Crippen MR) is 108 cm³/mol. The lowest BCUT2D eigenvalue weighted by Crippen LogP contribution is -2.36. The van der Waals surface area contributed by atoms with E-state index < -0.39 is 15.9 Å². The molecule has 0 fully saturated rings. The Hall–Kier alpha value is -3.05. The topological polar surface area (TPSA) is 114 Å². The molecule has 3 heterocycles. The van der Waals surface area contributed by atoms with Gasteiger partial charge in [-0.15, -0.1) is 11.3 Å². The van der Waals surface area contributed by atoms with E-state index in [1.54, 1.807) is 19.1 Å². The number of hydrogen-bond acceptors (Lipinski definition) is 8. The van der Waals surface area contributed by atoms with Crippen LogP contribution in [0.25, 0.3) is 10.7 Å². The number of carbonyl (C=O) groups excluding carboxylic acids is 2. The van der Waals surface area contributed by atoms with Gasteiger partial charge in [-0.2, -0.15) is 4.98 Å². The van der Waals surface area contributed by atoms with Gasteiger partial charge in [0.1, 0.15) is 4.90 Å². The van der Waals surface area contributed by atoms with E-state index in [2.05, 4.69) is 10.1 Å². The third-order valence-electron chi connectivity index (χ3n) is 4.71. The van der Waals surface area contributed by atoms with E-state index in [1.165, 1.54) is 28.4 Å². The maximum absolute atomic E-state index is 12.7. The van der Waals surface area contributed by atoms with Crippen LogP contribution < -0.4 is 0 Å². The average Bonchev–Trinajstić information content (AvgIpc) is 3.46. The van der Waals surface area contributed by atoms with Gasteiger partial charge in [0.2, 0.25) is 17.6 Å². The number of hydrogen-bond donors (Lipinski definition) is 0. The molecule has 0 aliphatic carbocycles. The average molecular weight is 447 g/mol. The fraction of sp³-hybridized carbons (Fsp3) is 0.263. The molecule has 30 heavy (non-hydrogen) atoms. The van der Waals surface area contributed by atoms with E-state index in [0.717, 1.165) is 9.18 Å². The van der Waals surface area contributed by atoms with Gasteiger partial charge in [0, 0.05) is 19.5 Å². The van der Waals surface area contributed by atoms with Gasteiger partial charge in [-0.05, 0) is 30.5 Å². The lowest BCUT2D eigenvalue weighted by molar-refractivity contribution is -0.132. The second kappa shape index (κ2) is 8.00. The van der Waals surface area contributed by atoms with E-state index in [-0.39, 0.29) is 41.8 Å². The standard InChI is InChI=1S/C19H18N4O5S2/c1-2-22(12-16-20-18(21-28-16)14-7-5-11-29-14)17(24)9-10-23-19(25)13-6-3-4-8-15(13)30(23,26)27/h3-8,11H,2,9-10,12H2,1H3. The first-order valence-electron chi connectivity index (χ1n) is 9.22. The molecule has 3 aromatic rings. The van der Waals surface area contributed by atoms with Crippen molar-refractivity contribution < 1.29 is 22.5 Å². The van der Waals surface area contributed by atoms with Crippen LogP contribution in [0.15, 0.2) is 51.2 Å². The third kappa shape index (κ3) is 3.61. The summed E-state index contributed by atoms with van der Waals surface area (Å²) in [6, 6.07) is 9.78. The summed E-state index contributed by atoms with van der Waals surface area (Å²) >= 11 is 1.48. The first-order chi connectivity index (χ1) is 14.4. The number of nitrogens with zero attached hydrogens (tertiary/aromatic N) is 4. The summed E-state index contributed by atoms with van der Waals surface area (Å²) < 4.78 is 31.2. The van der Waals surface area contributed by atoms with Gasteiger partial charge < -0.3 is 9.42 Å². The van der Waals surface area contributed by atoms with Crippen molar-refractivity contribution in [3.8, 4) is 10.7 Å². The van der Waals surface area contributed by atoms with Crippen LogP contribution in [-0.4, -0.2) is 52.7 Å². The van der Waals surface area contributed by atoms with Crippen LogP contribution in [-0.2, 0) is 21.4 Å². The van der Waals surface area contributed by atoms with Crippen molar-refractivity contribution in [3.63, 3.8) is 0 Å². The smallest absolute Gasteiger partial charge is 0.269 e. The highest BCUT2D eigenvalue weighted by atomic mass is 32.2. The van der Waals surface area contributed by atoms with Crippen molar-refractivity contribution in [3.05, 3.63) is 53.2 Å². The van der Waals surface area contributed by atoms with Crippen molar-refractivity contribution in [1.82, 2.24) is 19.3 Å². The Balaban J connectivity index is 1.41. The molecule has 0 saturated carbocycles. The molecule has 11 heteroatoms. The lowest BCUT2D eigenvalue weighted by atomic mass is 10.2. The minimum atomic E-state index is -3.93. The molecule has 9 nitrogen and oxygen atoms in total. The molecule has 1 aromatic carbocycles. The summed E-state index contributed by atoms with van der Waals surface area (Å²) in [6.45, 7) is 2.04. The fourth-order valence-corrected chi connectivity index (χ4v) is 5.39. The van der Waals surface area contributed by atoms with Crippen molar-refractivity contribution in [2.75, 3.05) is 13.1 Å². The number of fused-ring (bicyclic) bond motifs is 1. The molecule has 0 saturated heterocycles. The first kappa shape index (κ1) is 20.2. The van der Waals surface area contributed by atoms with E-state index in [1.807, 2.05) is 17.5 Å². The van der Waals surface area contributed by atoms with Gasteiger partial charge in [0.05, 0.1) is 17.0 Å². The van der Waals surface area contributed by atoms with E-state index in [4.69, 9.17) is 4.52 Å². The van der Waals surface area contributed by atoms with Gasteiger partial charge >= 0.3 is 0 Å². The fourth-order valence-electron chi connectivity index (χ4n) is 3.17. The summed E-state index contributed by atoms with van der Waals surface area (Å²) in [5.41, 5.74) is 0.129. The molecule has 0 atom stereocenters. The quantitative estimate of drug-likeness (QED) is 0.547. The van der Waals surface area contributed by atoms with Crippen molar-refractivity contribution in [2.45, 2.75) is 24.8 Å². The van der Waals surface area contributed by atoms with Crippen LogP contribution in [0, 0.1) is 0 Å². The molecule has 1 aliphatic heterocycles. The molecule has 0 radical (unpaired) electrons. The largest absolute Gasteiger partial charge is 0.337 e. The Labute approximate surface area is 177 Å². The normalized spacial score (nSPS) is 14.7. The number of amides is 2. The maximum Gasteiger partial charge on any atom is 0.269 e. The maximum atomic E-state index is 12.7. The number of sulfonamides is 1. The van der Waals surface area contributed by atoms with Crippen molar-refractivity contribution in [1.29, 1.82) is 0 Å². The Bertz CT molecular complexity index is 1190. The summed E-state index contributed by atoms with van der Waals surface area (Å²) in [6.07, 6.45) is -0.140. The van der Waals surface area contributed by atoms with E-state index in [0.29, 0.717) is 12.4 Å². The molecule has 0 unspecified atom stereocenters. The van der Waals surface area contributed by atoms with Crippen molar-refractivity contribution >= 4 is 33.2 Å². The molecule has 4 rings (SSSR count). The van der Waals surface area contributed by atoms with Gasteiger partial charge in [0.15, 0.2) is 0 Å². The molecule has 1 aliphatic rings. The monoisotopic (exact) mass is 446 g/mol. The Morgan fingerprint density at radius 2 is 2.03 bits per heavy atom. The highest BCUT2D eigenvalue weighted by molar-refractivity contribution is 7.90. The Kier molecular flexibility index (Phi) is 5.39. The third-order valence-corrected chi connectivity index (χ3v) is 7.42. The lowest BCUT2D eigenvalue weighted by Gasteiger charge is -2.21. The summed E-state index contributed by atoms with van der Waals surface area (Å²) in [4.78, 5) is 31.7. The first-order valence-corrected chi connectivity index (χ1v) is 11.5. The zero-order valence-corrected chi connectivity index (χ0v) is 17.6. The number of benzene rings is 1. The minimum absolute atomic E-state index is 0.0261. The second-order valence-electron chi connectivity index (χ2n) is 6.53. The molecular formula is C19H18N4O5S2. The van der Waals surface area contributed by atoms with E-state index >= 15 is 0 Å². The zero-order chi connectivity index (χ0) is 21.3. The summed E-state index contributed by atoms with van der Waals surface area (Å²) in [5.74, 6) is -0.188. The second-order valence-corrected chi connectivity index (χ2v) is 9.30. The van der Waals surface area contributed by atoms with Crippen LogP contribution in [0.4, 0.5) is 0 Å². The molecule has 0 N–H and O–H groups in total. The van der Waals surface area contributed by atoms with Gasteiger partial charge in [-0.1, -0.05) is 23.4 Å². The SMILES string of the molecule is CCN(Cc1nc(-c2cccs2)no1)C(=O)CCN1C(=O)c2ccccc2S1(=O)=O. The summed E-state index contributed by atoms with van der Waals surface area (Å²) in [5, 5.41) is 5.82. The molecule has 0 bridgehead atoms. The molecule has 2 aromatic heterocycles. The van der Waals surface area contributed by atoms with Gasteiger partial charge in [0.25, 0.3) is 15.9 Å². The number of thiophene rings is 1. The zero-order valence-electron chi connectivity index (χ0n) is 16.0. The van der Waals surface area contributed by atoms with Crippen LogP contribution in [0.2, 0.25) is 0 Å². The van der Waals surface area contributed by atoms with Crippen molar-refractivity contribution in [2.24, 2.45) is 0 Å². The molecule has 0 spiro atoms. The molecule has 156 valence electrons. The van der Waals surface area contributed by atoms with E-state index in [9.17, 15) is 18.0 Å². The highest BCUT2D eigenvalue weighted by Crippen LogP contribution is 2.30. The predicted octanol–water partition coefficient (Wildman–Crippen LogP) is 2.38. The van der Waals surface area contributed by atoms with Crippen LogP contribution >= 0.6 is 11.3 Å². The molecular weight excluding hydrogens is 428 g/mol. The summed E-state index contributed by atoms with van der Waals surface area (Å²) in [7, 11) is -3.93. The van der Waals surface area contributed by atoms with Crippen LogP contribution in [0.3, 0.4) is 0 Å². The number of aromatic nitrogens is 2. The minimum Gasteiger partial charge on any atom is -0.337 e. The Morgan fingerprint density at radius 3 is 2.73 bits per heavy atom. The van der Waals surface area contributed by atoms with Gasteiger partial charge in [-0.3, -0.25) is 9.59 Å². The van der Waals surface area contributed by atoms with Crippen LogP contribution in [0.1, 0.15) is 29.6 Å². The highest BCUT2D eigenvalue weighted by Gasteiger charge is 2.40. The van der Waals surface area contributed by atoms with Gasteiger partial charge in [-0.25, -0.2) is 12.7 Å². The number of carbonyl (C=O) groups is 2. The number of rotatable bonds is 7. The van der Waals surface area contributed by atoms with Crippen LogP contribution in [0.5, 0.6) is 0 Å².